The fourth-order valence-electron chi connectivity index (χ4n) is 6.11. The van der Waals surface area contributed by atoms with Gasteiger partial charge in [0.05, 0.1) is 24.8 Å². The van der Waals surface area contributed by atoms with Gasteiger partial charge < -0.3 is 20.2 Å². The van der Waals surface area contributed by atoms with Crippen LogP contribution in [0.3, 0.4) is 0 Å². The number of alkyl halides is 3. The smallest absolute Gasteiger partial charge is 0.401 e. The number of rotatable bonds is 7. The molecule has 6 rings (SSSR count). The summed E-state index contributed by atoms with van der Waals surface area (Å²) in [7, 11) is 0. The van der Waals surface area contributed by atoms with Crippen molar-refractivity contribution >= 4 is 35.1 Å². The van der Waals surface area contributed by atoms with Crippen LogP contribution in [0.5, 0.6) is 0 Å². The summed E-state index contributed by atoms with van der Waals surface area (Å²) in [5.41, 5.74) is 1.87. The lowest BCUT2D eigenvalue weighted by Gasteiger charge is -2.40. The van der Waals surface area contributed by atoms with E-state index in [4.69, 9.17) is 0 Å². The number of benzene rings is 3. The fraction of sp³-hybridized carbons (Fsp3) is 0.273. The standard InChI is InChI=1S/C33H29F4N7O5/c1-19-4-2-7-26(28(19)34)44-16-24(39-40-44)31(47)43-13-12-22-23(29(43)30(46)38-21-10-8-20(9-11-21)32(48)49)5-3-6-25(22)42-15-14-41(17-27(42)45)18-33(35,36)37/h2-11,16,29H,12-15,17-18H2,1H3,(H,38,46)(H,48,49). The van der Waals surface area contributed by atoms with Gasteiger partial charge in [0.25, 0.3) is 11.8 Å². The predicted molar refractivity (Wildman–Crippen MR) is 167 cm³/mol. The number of nitrogens with zero attached hydrogens (tertiary/aromatic N) is 6. The van der Waals surface area contributed by atoms with E-state index in [0.29, 0.717) is 22.4 Å². The largest absolute Gasteiger partial charge is 0.478 e. The van der Waals surface area contributed by atoms with Crippen molar-refractivity contribution in [2.75, 3.05) is 42.9 Å². The van der Waals surface area contributed by atoms with Crippen molar-refractivity contribution in [3.63, 3.8) is 0 Å². The van der Waals surface area contributed by atoms with Crippen molar-refractivity contribution in [1.29, 1.82) is 0 Å². The first-order valence-corrected chi connectivity index (χ1v) is 15.1. The van der Waals surface area contributed by atoms with Gasteiger partial charge in [0.1, 0.15) is 11.7 Å². The molecule has 0 saturated carbocycles. The van der Waals surface area contributed by atoms with Crippen molar-refractivity contribution in [3.05, 3.63) is 101 Å². The summed E-state index contributed by atoms with van der Waals surface area (Å²) < 4.78 is 54.9. The lowest BCUT2D eigenvalue weighted by Crippen LogP contribution is -2.53. The Bertz CT molecular complexity index is 1950. The summed E-state index contributed by atoms with van der Waals surface area (Å²) >= 11 is 0. The molecule has 1 unspecified atom stereocenters. The molecule has 2 aliphatic heterocycles. The van der Waals surface area contributed by atoms with Crippen LogP contribution in [0.25, 0.3) is 5.69 Å². The molecule has 0 radical (unpaired) electrons. The summed E-state index contributed by atoms with van der Waals surface area (Å²) in [5, 5.41) is 19.9. The normalized spacial score (nSPS) is 16.8. The van der Waals surface area contributed by atoms with Gasteiger partial charge in [-0.05, 0) is 66.4 Å². The molecule has 0 bridgehead atoms. The van der Waals surface area contributed by atoms with E-state index in [1.165, 1.54) is 46.3 Å². The van der Waals surface area contributed by atoms with Gasteiger partial charge in [-0.15, -0.1) is 5.10 Å². The number of aromatic nitrogens is 3. The van der Waals surface area contributed by atoms with Gasteiger partial charge in [0, 0.05) is 31.0 Å². The van der Waals surface area contributed by atoms with Crippen molar-refractivity contribution in [3.8, 4) is 5.69 Å². The Morgan fingerprint density at radius 3 is 2.39 bits per heavy atom. The number of amides is 3. The zero-order valence-corrected chi connectivity index (χ0v) is 25.9. The van der Waals surface area contributed by atoms with Gasteiger partial charge in [-0.3, -0.25) is 19.3 Å². The van der Waals surface area contributed by atoms with Crippen LogP contribution in [0.2, 0.25) is 0 Å². The lowest BCUT2D eigenvalue weighted by atomic mass is 9.89. The molecule has 2 N–H and O–H groups in total. The van der Waals surface area contributed by atoms with Crippen LogP contribution in [0, 0.1) is 12.7 Å². The zero-order chi connectivity index (χ0) is 35.0. The highest BCUT2D eigenvalue weighted by molar-refractivity contribution is 6.03. The maximum atomic E-state index is 14.8. The Morgan fingerprint density at radius 2 is 1.69 bits per heavy atom. The molecule has 16 heteroatoms. The monoisotopic (exact) mass is 679 g/mol. The van der Waals surface area contributed by atoms with E-state index in [-0.39, 0.29) is 48.7 Å². The van der Waals surface area contributed by atoms with E-state index < -0.39 is 54.8 Å². The van der Waals surface area contributed by atoms with Crippen LogP contribution >= 0.6 is 0 Å². The molecule has 1 saturated heterocycles. The second-order valence-electron chi connectivity index (χ2n) is 11.7. The summed E-state index contributed by atoms with van der Waals surface area (Å²) in [4.78, 5) is 56.1. The van der Waals surface area contributed by atoms with Crippen LogP contribution < -0.4 is 10.2 Å². The maximum Gasteiger partial charge on any atom is 0.401 e. The molecule has 3 amide bonds. The van der Waals surface area contributed by atoms with Gasteiger partial charge in [-0.25, -0.2) is 13.9 Å². The molecular weight excluding hydrogens is 650 g/mol. The number of piperazine rings is 1. The Labute approximate surface area is 276 Å². The Balaban J connectivity index is 1.34. The van der Waals surface area contributed by atoms with E-state index in [1.54, 1.807) is 37.3 Å². The van der Waals surface area contributed by atoms with Gasteiger partial charge in [0.2, 0.25) is 5.91 Å². The number of carbonyl (C=O) groups is 4. The van der Waals surface area contributed by atoms with Crippen LogP contribution in [0.15, 0.2) is 66.9 Å². The molecule has 254 valence electrons. The zero-order valence-electron chi connectivity index (χ0n) is 25.9. The van der Waals surface area contributed by atoms with Gasteiger partial charge in [-0.1, -0.05) is 29.5 Å². The molecule has 49 heavy (non-hydrogen) atoms. The maximum absolute atomic E-state index is 14.8. The number of anilines is 2. The van der Waals surface area contributed by atoms with Gasteiger partial charge in [-0.2, -0.15) is 13.2 Å². The highest BCUT2D eigenvalue weighted by Crippen LogP contribution is 2.38. The minimum atomic E-state index is -4.46. The van der Waals surface area contributed by atoms with Crippen LogP contribution in [-0.2, 0) is 16.0 Å². The molecule has 1 fully saturated rings. The number of hydrogen-bond acceptors (Lipinski definition) is 7. The number of aromatic carboxylic acids is 1. The summed E-state index contributed by atoms with van der Waals surface area (Å²) in [6.45, 7) is -0.135. The number of carbonyl (C=O) groups excluding carboxylic acids is 3. The van der Waals surface area contributed by atoms with E-state index in [0.717, 1.165) is 9.58 Å². The third-order valence-electron chi connectivity index (χ3n) is 8.43. The minimum Gasteiger partial charge on any atom is -0.478 e. The number of carboxylic acids is 1. The van der Waals surface area contributed by atoms with Crippen LogP contribution in [-0.4, -0.2) is 92.5 Å². The second-order valence-corrected chi connectivity index (χ2v) is 11.7. The molecule has 3 heterocycles. The molecule has 2 aliphatic rings. The average molecular weight is 680 g/mol. The van der Waals surface area contributed by atoms with E-state index in [9.17, 15) is 41.8 Å². The minimum absolute atomic E-state index is 0.00409. The van der Waals surface area contributed by atoms with Crippen molar-refractivity contribution in [2.24, 2.45) is 0 Å². The van der Waals surface area contributed by atoms with Gasteiger partial charge >= 0.3 is 12.1 Å². The van der Waals surface area contributed by atoms with Gasteiger partial charge in [0.15, 0.2) is 11.5 Å². The number of aryl methyl sites for hydroxylation is 1. The first-order valence-electron chi connectivity index (χ1n) is 15.1. The molecule has 1 aromatic heterocycles. The number of hydrogen-bond donors (Lipinski definition) is 2. The number of halogens is 4. The van der Waals surface area contributed by atoms with Crippen molar-refractivity contribution < 1.29 is 41.8 Å². The topological polar surface area (TPSA) is 141 Å². The summed E-state index contributed by atoms with van der Waals surface area (Å²) in [6.07, 6.45) is -3.02. The van der Waals surface area contributed by atoms with Crippen LogP contribution in [0.4, 0.5) is 28.9 Å². The fourth-order valence-corrected chi connectivity index (χ4v) is 6.11. The average Bonchev–Trinajstić information content (AvgIpc) is 3.54. The third kappa shape index (κ3) is 6.85. The molecule has 0 spiro atoms. The molecular formula is C33H29F4N7O5. The summed E-state index contributed by atoms with van der Waals surface area (Å²) in [6, 6.07) is 13.7. The third-order valence-corrected chi connectivity index (χ3v) is 8.43. The highest BCUT2D eigenvalue weighted by Gasteiger charge is 2.40. The number of nitrogens with one attached hydrogen (secondary N) is 1. The van der Waals surface area contributed by atoms with Crippen molar-refractivity contribution in [1.82, 2.24) is 24.8 Å². The van der Waals surface area contributed by atoms with E-state index in [1.807, 2.05) is 0 Å². The summed E-state index contributed by atoms with van der Waals surface area (Å²) in [5.74, 6) is -3.59. The molecule has 4 aromatic rings. The second kappa shape index (κ2) is 13.1. The number of carboxylic acid groups (broad SMARTS) is 1. The van der Waals surface area contributed by atoms with E-state index >= 15 is 0 Å². The predicted octanol–water partition coefficient (Wildman–Crippen LogP) is 4.00. The molecule has 3 aromatic carbocycles. The SMILES string of the molecule is Cc1cccc(-n2cc(C(=O)N3CCc4c(cccc4N4CCN(CC(F)(F)F)CC4=O)C3C(=O)Nc3ccc(C(=O)O)cc3)nn2)c1F. The molecule has 1 atom stereocenters. The molecule has 12 nitrogen and oxygen atoms in total. The first-order chi connectivity index (χ1) is 23.3. The van der Waals surface area contributed by atoms with Crippen LogP contribution in [0.1, 0.15) is 43.6 Å². The lowest BCUT2D eigenvalue weighted by molar-refractivity contribution is -0.150. The van der Waals surface area contributed by atoms with Crippen molar-refractivity contribution in [2.45, 2.75) is 25.6 Å². The number of fused-ring (bicyclic) bond motifs is 1. The Kier molecular flexibility index (Phi) is 8.90. The van der Waals surface area contributed by atoms with E-state index in [2.05, 4.69) is 15.6 Å². The molecule has 0 aliphatic carbocycles. The Morgan fingerprint density at radius 1 is 0.980 bits per heavy atom. The highest BCUT2D eigenvalue weighted by atomic mass is 19.4. The Hall–Kier alpha value is -5.64. The quantitative estimate of drug-likeness (QED) is 0.280. The first kappa shape index (κ1) is 33.3.